The zero-order valence-electron chi connectivity index (χ0n) is 12.0. The van der Waals surface area contributed by atoms with Crippen molar-refractivity contribution in [2.45, 2.75) is 53.2 Å². The van der Waals surface area contributed by atoms with E-state index in [0.717, 1.165) is 19.6 Å². The van der Waals surface area contributed by atoms with Gasteiger partial charge in [0.1, 0.15) is 5.60 Å². The molecule has 4 nitrogen and oxygen atoms in total. The molecule has 0 spiro atoms. The number of carbonyl (C=O) groups excluding carboxylic acids is 1. The number of nitrogens with one attached hydrogen (secondary N) is 1. The highest BCUT2D eigenvalue weighted by atomic mass is 16.6. The molecule has 0 aliphatic carbocycles. The van der Waals surface area contributed by atoms with Gasteiger partial charge in [-0.1, -0.05) is 20.8 Å². The summed E-state index contributed by atoms with van der Waals surface area (Å²) in [6.45, 7) is 14.6. The van der Waals surface area contributed by atoms with Crippen molar-refractivity contribution in [3.63, 3.8) is 0 Å². The Bertz CT molecular complexity index is 276. The number of carbonyl (C=O) groups is 1. The molecule has 1 heterocycles. The summed E-state index contributed by atoms with van der Waals surface area (Å²) in [7, 11) is 0. The lowest BCUT2D eigenvalue weighted by atomic mass is 9.85. The summed E-state index contributed by atoms with van der Waals surface area (Å²) in [5, 5.41) is 3.34. The van der Waals surface area contributed by atoms with Crippen molar-refractivity contribution in [1.82, 2.24) is 10.2 Å². The van der Waals surface area contributed by atoms with Crippen LogP contribution in [0.2, 0.25) is 0 Å². The quantitative estimate of drug-likeness (QED) is 0.708. The van der Waals surface area contributed by atoms with Crippen molar-refractivity contribution >= 4 is 6.09 Å². The maximum absolute atomic E-state index is 12.1. The summed E-state index contributed by atoms with van der Waals surface area (Å²) < 4.78 is 5.46. The molecule has 1 fully saturated rings. The van der Waals surface area contributed by atoms with E-state index in [2.05, 4.69) is 26.1 Å². The van der Waals surface area contributed by atoms with E-state index in [9.17, 15) is 4.79 Å². The van der Waals surface area contributed by atoms with E-state index in [1.54, 1.807) is 0 Å². The van der Waals surface area contributed by atoms with Crippen molar-refractivity contribution in [2.24, 2.45) is 5.41 Å². The fourth-order valence-electron chi connectivity index (χ4n) is 2.02. The van der Waals surface area contributed by atoms with Gasteiger partial charge in [-0.25, -0.2) is 4.79 Å². The molecule has 100 valence electrons. The first-order valence-electron chi connectivity index (χ1n) is 6.31. The van der Waals surface area contributed by atoms with Gasteiger partial charge < -0.3 is 15.0 Å². The Morgan fingerprint density at radius 1 is 1.24 bits per heavy atom. The van der Waals surface area contributed by atoms with E-state index in [0.29, 0.717) is 0 Å². The fraction of sp³-hybridized carbons (Fsp3) is 0.923. The van der Waals surface area contributed by atoms with Gasteiger partial charge in [0.15, 0.2) is 0 Å². The molecule has 0 bridgehead atoms. The molecule has 1 atom stereocenters. The third-order valence-electron chi connectivity index (χ3n) is 2.87. The van der Waals surface area contributed by atoms with E-state index in [1.807, 2.05) is 25.7 Å². The molecule has 0 saturated carbocycles. The molecule has 0 unspecified atom stereocenters. The van der Waals surface area contributed by atoms with E-state index >= 15 is 0 Å². The standard InChI is InChI=1S/C13H26N2O2/c1-12(2,3)10-9-14-7-8-15(10)11(16)17-13(4,5)6/h10,14H,7-9H2,1-6H3/t10-/m0/s1. The van der Waals surface area contributed by atoms with Crippen LogP contribution in [0, 0.1) is 5.41 Å². The Balaban J connectivity index is 2.75. The molecule has 0 aromatic rings. The number of nitrogens with zero attached hydrogens (tertiary/aromatic N) is 1. The average molecular weight is 242 g/mol. The van der Waals surface area contributed by atoms with Crippen molar-refractivity contribution in [3.8, 4) is 0 Å². The van der Waals surface area contributed by atoms with E-state index < -0.39 is 5.60 Å². The minimum atomic E-state index is -0.426. The Kier molecular flexibility index (Phi) is 4.07. The minimum Gasteiger partial charge on any atom is -0.444 e. The van der Waals surface area contributed by atoms with Crippen molar-refractivity contribution in [3.05, 3.63) is 0 Å². The molecule has 1 saturated heterocycles. The van der Waals surface area contributed by atoms with E-state index in [1.165, 1.54) is 0 Å². The Hall–Kier alpha value is -0.770. The van der Waals surface area contributed by atoms with Gasteiger partial charge in [0.2, 0.25) is 0 Å². The highest BCUT2D eigenvalue weighted by molar-refractivity contribution is 5.69. The largest absolute Gasteiger partial charge is 0.444 e. The summed E-state index contributed by atoms with van der Waals surface area (Å²) in [5.74, 6) is 0. The Morgan fingerprint density at radius 3 is 2.29 bits per heavy atom. The number of hydrogen-bond acceptors (Lipinski definition) is 3. The number of piperazine rings is 1. The smallest absolute Gasteiger partial charge is 0.410 e. The number of ether oxygens (including phenoxy) is 1. The second-order valence-electron chi connectivity index (χ2n) is 6.76. The molecule has 0 aromatic heterocycles. The monoisotopic (exact) mass is 242 g/mol. The molecule has 1 aliphatic rings. The lowest BCUT2D eigenvalue weighted by molar-refractivity contribution is -0.00361. The topological polar surface area (TPSA) is 41.6 Å². The predicted octanol–water partition coefficient (Wildman–Crippen LogP) is 2.24. The zero-order valence-corrected chi connectivity index (χ0v) is 12.0. The summed E-state index contributed by atoms with van der Waals surface area (Å²) in [6, 6.07) is 0.186. The van der Waals surface area contributed by atoms with Gasteiger partial charge in [-0.05, 0) is 26.2 Å². The Labute approximate surface area is 105 Å². The third kappa shape index (κ3) is 4.19. The van der Waals surface area contributed by atoms with Gasteiger partial charge >= 0.3 is 6.09 Å². The molecule has 4 heteroatoms. The van der Waals surface area contributed by atoms with Crippen LogP contribution in [0.4, 0.5) is 4.79 Å². The lowest BCUT2D eigenvalue weighted by Crippen LogP contribution is -2.59. The SMILES string of the molecule is CC(C)(C)OC(=O)N1CCNC[C@H]1C(C)(C)C. The van der Waals surface area contributed by atoms with Crippen LogP contribution in [0.25, 0.3) is 0 Å². The van der Waals surface area contributed by atoms with Crippen molar-refractivity contribution in [1.29, 1.82) is 0 Å². The summed E-state index contributed by atoms with van der Waals surface area (Å²) in [6.07, 6.45) is -0.195. The van der Waals surface area contributed by atoms with Crippen molar-refractivity contribution < 1.29 is 9.53 Å². The van der Waals surface area contributed by atoms with Crippen LogP contribution in [0.5, 0.6) is 0 Å². The zero-order chi connectivity index (χ0) is 13.3. The second kappa shape index (κ2) is 4.84. The molecule has 0 radical (unpaired) electrons. The van der Waals surface area contributed by atoms with E-state index in [-0.39, 0.29) is 17.6 Å². The predicted molar refractivity (Wildman–Crippen MR) is 69.1 cm³/mol. The average Bonchev–Trinajstić information content (AvgIpc) is 2.13. The Morgan fingerprint density at radius 2 is 1.82 bits per heavy atom. The normalized spacial score (nSPS) is 22.5. The minimum absolute atomic E-state index is 0.0598. The maximum atomic E-state index is 12.1. The van der Waals surface area contributed by atoms with E-state index in [4.69, 9.17) is 4.74 Å². The molecule has 1 rings (SSSR count). The molecular formula is C13H26N2O2. The van der Waals surface area contributed by atoms with Crippen LogP contribution in [0.3, 0.4) is 0 Å². The molecular weight excluding hydrogens is 216 g/mol. The molecule has 1 amide bonds. The van der Waals surface area contributed by atoms with Crippen LogP contribution in [0.15, 0.2) is 0 Å². The molecule has 0 aromatic carbocycles. The first kappa shape index (κ1) is 14.3. The second-order valence-corrected chi connectivity index (χ2v) is 6.76. The van der Waals surface area contributed by atoms with Crippen LogP contribution in [-0.4, -0.2) is 42.3 Å². The number of rotatable bonds is 0. The highest BCUT2D eigenvalue weighted by Crippen LogP contribution is 2.26. The first-order chi connectivity index (χ1) is 7.61. The van der Waals surface area contributed by atoms with Crippen molar-refractivity contribution in [2.75, 3.05) is 19.6 Å². The highest BCUT2D eigenvalue weighted by Gasteiger charge is 2.37. The van der Waals surface area contributed by atoms with Gasteiger partial charge in [0, 0.05) is 19.6 Å². The molecule has 17 heavy (non-hydrogen) atoms. The van der Waals surface area contributed by atoms with Gasteiger partial charge in [-0.3, -0.25) is 0 Å². The maximum Gasteiger partial charge on any atom is 0.410 e. The van der Waals surface area contributed by atoms with Gasteiger partial charge in [0.25, 0.3) is 0 Å². The van der Waals surface area contributed by atoms with Gasteiger partial charge in [0.05, 0.1) is 6.04 Å². The first-order valence-corrected chi connectivity index (χ1v) is 6.31. The molecule has 1 N–H and O–H groups in total. The van der Waals surface area contributed by atoms with Crippen LogP contribution >= 0.6 is 0 Å². The summed E-state index contributed by atoms with van der Waals surface area (Å²) in [5.41, 5.74) is -0.366. The van der Waals surface area contributed by atoms with Gasteiger partial charge in [-0.2, -0.15) is 0 Å². The summed E-state index contributed by atoms with van der Waals surface area (Å²) in [4.78, 5) is 14.0. The number of hydrogen-bond donors (Lipinski definition) is 1. The third-order valence-corrected chi connectivity index (χ3v) is 2.87. The van der Waals surface area contributed by atoms with Gasteiger partial charge in [-0.15, -0.1) is 0 Å². The summed E-state index contributed by atoms with van der Waals surface area (Å²) >= 11 is 0. The fourth-order valence-corrected chi connectivity index (χ4v) is 2.02. The van der Waals surface area contributed by atoms with Crippen LogP contribution in [-0.2, 0) is 4.74 Å². The molecule has 1 aliphatic heterocycles. The van der Waals surface area contributed by atoms with Crippen LogP contribution < -0.4 is 5.32 Å². The number of amides is 1. The van der Waals surface area contributed by atoms with Crippen LogP contribution in [0.1, 0.15) is 41.5 Å². The lowest BCUT2D eigenvalue weighted by Gasteiger charge is -2.43.